The molecular weight excluding hydrogens is 684 g/mol. The molecule has 4 aromatic rings. The first-order valence-electron chi connectivity index (χ1n) is 18.8. The van der Waals surface area contributed by atoms with E-state index in [1.54, 1.807) is 26.4 Å². The van der Waals surface area contributed by atoms with Gasteiger partial charge in [-0.2, -0.15) is 0 Å². The van der Waals surface area contributed by atoms with Crippen LogP contribution in [0, 0.1) is 0 Å². The number of carbonyl (C=O) groups is 2. The lowest BCUT2D eigenvalue weighted by atomic mass is 9.97. The van der Waals surface area contributed by atoms with E-state index in [1.165, 1.54) is 11.1 Å². The molecule has 0 aromatic heterocycles. The molecule has 3 atom stereocenters. The summed E-state index contributed by atoms with van der Waals surface area (Å²) in [6.45, 7) is 2.37. The van der Waals surface area contributed by atoms with Crippen LogP contribution in [0.5, 0.6) is 11.5 Å². The number of para-hydroxylation sites is 2. The second kappa shape index (κ2) is 18.9. The predicted molar refractivity (Wildman–Crippen MR) is 209 cm³/mol. The predicted octanol–water partition coefficient (Wildman–Crippen LogP) is 7.30. The number of nitrogens with two attached hydrogens (primary N) is 1. The minimum absolute atomic E-state index is 0.0179. The molecule has 0 spiro atoms. The number of nitrogens with one attached hydrogen (secondary N) is 2. The van der Waals surface area contributed by atoms with E-state index < -0.39 is 6.29 Å². The number of aliphatic hydroxyl groups excluding tert-OH is 1. The monoisotopic (exact) mass is 736 g/mol. The van der Waals surface area contributed by atoms with Crippen LogP contribution < -0.4 is 25.8 Å². The second-order valence-corrected chi connectivity index (χ2v) is 14.0. The van der Waals surface area contributed by atoms with Crippen LogP contribution in [-0.4, -0.2) is 55.2 Å². The largest absolute Gasteiger partial charge is 0.493 e. The van der Waals surface area contributed by atoms with Crippen LogP contribution >= 0.6 is 0 Å². The average molecular weight is 737 g/mol. The Kier molecular flexibility index (Phi) is 13.6. The zero-order chi connectivity index (χ0) is 37.9. The lowest BCUT2D eigenvalue weighted by Gasteiger charge is -2.39. The van der Waals surface area contributed by atoms with Crippen LogP contribution in [0.25, 0.3) is 0 Å². The van der Waals surface area contributed by atoms with E-state index in [2.05, 4.69) is 27.7 Å². The van der Waals surface area contributed by atoms with Gasteiger partial charge in [0.25, 0.3) is 0 Å². The summed E-state index contributed by atoms with van der Waals surface area (Å²) in [5.41, 5.74) is 13.0. The number of fused-ring (bicyclic) bond motifs is 1. The summed E-state index contributed by atoms with van der Waals surface area (Å²) in [7, 11) is 3.32. The van der Waals surface area contributed by atoms with Gasteiger partial charge in [0.15, 0.2) is 17.8 Å². The molecule has 0 aliphatic carbocycles. The van der Waals surface area contributed by atoms with Gasteiger partial charge < -0.3 is 40.4 Å². The number of methoxy groups -OCH3 is 2. The highest BCUT2D eigenvalue weighted by atomic mass is 16.7. The van der Waals surface area contributed by atoms with Crippen molar-refractivity contribution < 1.29 is 33.6 Å². The van der Waals surface area contributed by atoms with Crippen LogP contribution in [0.1, 0.15) is 85.2 Å². The first kappa shape index (κ1) is 38.8. The standard InChI is InChI=1S/C43H52N4O7/c1-51-39-23-31-20-21-47(26-33(31)24-40(39)52-2)27-35-25-38(30-18-16-29(28-48)17-19-30)54-43(53-35)32-10-9-11-34(22-32)45-41(49)14-5-3-4-6-15-42(50)46-37-13-8-7-12-36(37)44/h7-13,16-19,22-24,35,38,43,48H,3-6,14-15,20-21,25-28,44H2,1-2H3,(H,45,49)(H,46,50). The van der Waals surface area contributed by atoms with Gasteiger partial charge in [0, 0.05) is 50.1 Å². The Morgan fingerprint density at radius 2 is 1.52 bits per heavy atom. The molecule has 11 heteroatoms. The third-order valence-electron chi connectivity index (χ3n) is 10.1. The maximum atomic E-state index is 12.9. The van der Waals surface area contributed by atoms with Crippen molar-refractivity contribution in [2.75, 3.05) is 43.7 Å². The van der Waals surface area contributed by atoms with Gasteiger partial charge in [0.1, 0.15) is 0 Å². The number of benzene rings is 4. The van der Waals surface area contributed by atoms with E-state index in [-0.39, 0.29) is 30.6 Å². The number of nitrogens with zero attached hydrogens (tertiary/aromatic N) is 1. The van der Waals surface area contributed by atoms with E-state index in [1.807, 2.05) is 60.7 Å². The fourth-order valence-electron chi connectivity index (χ4n) is 7.15. The highest BCUT2D eigenvalue weighted by Gasteiger charge is 2.34. The molecule has 1 saturated heterocycles. The van der Waals surface area contributed by atoms with Crippen LogP contribution in [0.2, 0.25) is 0 Å². The number of carbonyl (C=O) groups excluding carboxylic acids is 2. The van der Waals surface area contributed by atoms with Crippen LogP contribution in [0.3, 0.4) is 0 Å². The first-order valence-corrected chi connectivity index (χ1v) is 18.8. The van der Waals surface area contributed by atoms with E-state index in [0.29, 0.717) is 36.3 Å². The number of rotatable bonds is 16. The molecule has 0 saturated carbocycles. The van der Waals surface area contributed by atoms with Crippen LogP contribution in [0.4, 0.5) is 17.1 Å². The summed E-state index contributed by atoms with van der Waals surface area (Å²) in [4.78, 5) is 27.6. The zero-order valence-corrected chi connectivity index (χ0v) is 31.2. The van der Waals surface area contributed by atoms with Crippen LogP contribution in [0.15, 0.2) is 84.9 Å². The van der Waals surface area contributed by atoms with Gasteiger partial charge in [-0.05, 0) is 77.9 Å². The molecular formula is C43H52N4O7. The van der Waals surface area contributed by atoms with E-state index >= 15 is 0 Å². The number of hydrogen-bond acceptors (Lipinski definition) is 9. The van der Waals surface area contributed by atoms with Gasteiger partial charge in [-0.25, -0.2) is 0 Å². The molecule has 0 radical (unpaired) electrons. The smallest absolute Gasteiger partial charge is 0.224 e. The van der Waals surface area contributed by atoms with Gasteiger partial charge in [-0.3, -0.25) is 14.5 Å². The molecule has 3 unspecified atom stereocenters. The Morgan fingerprint density at radius 3 is 2.22 bits per heavy atom. The number of amides is 2. The molecule has 2 aliphatic rings. The summed E-state index contributed by atoms with van der Waals surface area (Å²) in [6, 6.07) is 26.9. The van der Waals surface area contributed by atoms with E-state index in [9.17, 15) is 14.7 Å². The van der Waals surface area contributed by atoms with Gasteiger partial charge in [0.05, 0.1) is 44.4 Å². The van der Waals surface area contributed by atoms with Crippen molar-refractivity contribution in [2.24, 2.45) is 0 Å². The topological polar surface area (TPSA) is 145 Å². The molecule has 11 nitrogen and oxygen atoms in total. The third kappa shape index (κ3) is 10.4. The highest BCUT2D eigenvalue weighted by molar-refractivity contribution is 5.93. The number of unbranched alkanes of at least 4 members (excludes halogenated alkanes) is 3. The molecule has 5 N–H and O–H groups in total. The van der Waals surface area contributed by atoms with E-state index in [0.717, 1.165) is 79.9 Å². The number of hydrogen-bond donors (Lipinski definition) is 4. The van der Waals surface area contributed by atoms with Crippen molar-refractivity contribution in [3.05, 3.63) is 113 Å². The minimum Gasteiger partial charge on any atom is -0.493 e. The average Bonchev–Trinajstić information content (AvgIpc) is 3.19. The van der Waals surface area contributed by atoms with Gasteiger partial charge >= 0.3 is 0 Å². The Bertz CT molecular complexity index is 1870. The molecule has 54 heavy (non-hydrogen) atoms. The lowest BCUT2D eigenvalue weighted by Crippen LogP contribution is -2.41. The lowest BCUT2D eigenvalue weighted by molar-refractivity contribution is -0.253. The number of aliphatic hydroxyl groups is 1. The fraction of sp³-hybridized carbons (Fsp3) is 0.395. The van der Waals surface area contributed by atoms with Crippen LogP contribution in [-0.2, 0) is 38.6 Å². The first-order chi connectivity index (χ1) is 26.3. The number of ether oxygens (including phenoxy) is 4. The molecule has 2 heterocycles. The van der Waals surface area contributed by atoms with Crippen molar-refractivity contribution in [1.82, 2.24) is 4.90 Å². The minimum atomic E-state index is -0.639. The molecule has 2 amide bonds. The maximum absolute atomic E-state index is 12.9. The Morgan fingerprint density at radius 1 is 0.815 bits per heavy atom. The van der Waals surface area contributed by atoms with E-state index in [4.69, 9.17) is 24.7 Å². The van der Waals surface area contributed by atoms with Crippen molar-refractivity contribution in [3.8, 4) is 11.5 Å². The van der Waals surface area contributed by atoms with Crippen molar-refractivity contribution in [3.63, 3.8) is 0 Å². The maximum Gasteiger partial charge on any atom is 0.224 e. The molecule has 1 fully saturated rings. The molecule has 4 aromatic carbocycles. The summed E-state index contributed by atoms with van der Waals surface area (Å²) < 4.78 is 24.4. The molecule has 6 rings (SSSR count). The summed E-state index contributed by atoms with van der Waals surface area (Å²) in [5.74, 6) is 1.35. The quantitative estimate of drug-likeness (QED) is 0.0688. The summed E-state index contributed by atoms with van der Waals surface area (Å²) >= 11 is 0. The Hall–Kier alpha value is -4.94. The summed E-state index contributed by atoms with van der Waals surface area (Å²) in [5, 5.41) is 15.5. The summed E-state index contributed by atoms with van der Waals surface area (Å²) in [6.07, 6.45) is 4.57. The van der Waals surface area contributed by atoms with Crippen molar-refractivity contribution >= 4 is 28.9 Å². The molecule has 286 valence electrons. The van der Waals surface area contributed by atoms with Crippen molar-refractivity contribution in [2.45, 2.75) is 83.0 Å². The highest BCUT2D eigenvalue weighted by Crippen LogP contribution is 2.40. The zero-order valence-electron chi connectivity index (χ0n) is 31.2. The normalized spacial score (nSPS) is 18.4. The molecule has 2 aliphatic heterocycles. The third-order valence-corrected chi connectivity index (χ3v) is 10.1. The second-order valence-electron chi connectivity index (χ2n) is 14.0. The van der Waals surface area contributed by atoms with Gasteiger partial charge in [-0.15, -0.1) is 0 Å². The van der Waals surface area contributed by atoms with Crippen molar-refractivity contribution in [1.29, 1.82) is 0 Å². The Balaban J connectivity index is 1.04. The number of anilines is 3. The Labute approximate surface area is 317 Å². The van der Waals surface area contributed by atoms with Gasteiger partial charge in [0.2, 0.25) is 11.8 Å². The molecule has 0 bridgehead atoms. The number of nitrogen functional groups attached to an aromatic ring is 1. The fourth-order valence-corrected chi connectivity index (χ4v) is 7.15. The van der Waals surface area contributed by atoms with Gasteiger partial charge in [-0.1, -0.05) is 61.4 Å². The SMILES string of the molecule is COc1cc2c(cc1OC)CN(CC1CC(c3ccc(CO)cc3)OC(c3cccc(NC(=O)CCCCCCC(=O)Nc4ccccc4N)c3)O1)CC2.